The fraction of sp³-hybridized carbons (Fsp3) is 0.333. The summed E-state index contributed by atoms with van der Waals surface area (Å²) in [5.74, 6) is 5.17. The summed E-state index contributed by atoms with van der Waals surface area (Å²) in [5, 5.41) is 0. The van der Waals surface area contributed by atoms with Crippen molar-refractivity contribution in [3.63, 3.8) is 0 Å². The van der Waals surface area contributed by atoms with Crippen LogP contribution in [0, 0.1) is 18.8 Å². The molecule has 0 saturated heterocycles. The summed E-state index contributed by atoms with van der Waals surface area (Å²) >= 11 is 0. The van der Waals surface area contributed by atoms with Crippen LogP contribution in [0.25, 0.3) is 0 Å². The van der Waals surface area contributed by atoms with E-state index in [1.54, 1.807) is 19.1 Å². The molecular formula is C12H14N2O2. The lowest BCUT2D eigenvalue weighted by Gasteiger charge is -1.98. The van der Waals surface area contributed by atoms with Crippen LogP contribution in [0.4, 0.5) is 5.69 Å². The topological polar surface area (TPSA) is 65.2 Å². The van der Waals surface area contributed by atoms with Gasteiger partial charge < -0.3 is 10.5 Å². The van der Waals surface area contributed by atoms with Crippen molar-refractivity contribution in [3.8, 4) is 11.8 Å². The number of hydrogen-bond acceptors (Lipinski definition) is 4. The molecule has 0 unspecified atom stereocenters. The fourth-order valence-electron chi connectivity index (χ4n) is 1.06. The SMILES string of the molecule is CCOC(=O)CC#Cc1ccc(N)c(C)n1. The van der Waals surface area contributed by atoms with Gasteiger partial charge in [-0.1, -0.05) is 5.92 Å². The molecule has 84 valence electrons. The van der Waals surface area contributed by atoms with Gasteiger partial charge in [-0.2, -0.15) is 0 Å². The van der Waals surface area contributed by atoms with Crippen LogP contribution in [0.15, 0.2) is 12.1 Å². The Morgan fingerprint density at radius 1 is 1.56 bits per heavy atom. The number of nitrogens with two attached hydrogens (primary N) is 1. The number of rotatable bonds is 2. The monoisotopic (exact) mass is 218 g/mol. The van der Waals surface area contributed by atoms with Crippen LogP contribution in [-0.2, 0) is 9.53 Å². The van der Waals surface area contributed by atoms with Crippen molar-refractivity contribution in [2.75, 3.05) is 12.3 Å². The highest BCUT2D eigenvalue weighted by Gasteiger charge is 1.97. The minimum absolute atomic E-state index is 0.0823. The minimum Gasteiger partial charge on any atom is -0.465 e. The highest BCUT2D eigenvalue weighted by atomic mass is 16.5. The van der Waals surface area contributed by atoms with Crippen molar-refractivity contribution >= 4 is 11.7 Å². The Morgan fingerprint density at radius 3 is 2.94 bits per heavy atom. The standard InChI is InChI=1S/C12H14N2O2/c1-3-16-12(15)6-4-5-10-7-8-11(13)9(2)14-10/h7-8H,3,6,13H2,1-2H3. The first-order chi connectivity index (χ1) is 7.63. The molecule has 16 heavy (non-hydrogen) atoms. The molecule has 4 nitrogen and oxygen atoms in total. The predicted octanol–water partition coefficient (Wildman–Crippen LogP) is 1.28. The molecule has 0 saturated carbocycles. The number of carbonyl (C=O) groups is 1. The van der Waals surface area contributed by atoms with Crippen LogP contribution in [0.5, 0.6) is 0 Å². The van der Waals surface area contributed by atoms with Crippen LogP contribution in [0.1, 0.15) is 24.7 Å². The van der Waals surface area contributed by atoms with Gasteiger partial charge in [-0.15, -0.1) is 0 Å². The first kappa shape index (κ1) is 12.1. The van der Waals surface area contributed by atoms with Gasteiger partial charge in [-0.3, -0.25) is 4.79 Å². The highest BCUT2D eigenvalue weighted by Crippen LogP contribution is 2.06. The molecule has 0 aromatic carbocycles. The molecule has 1 heterocycles. The average molecular weight is 218 g/mol. The number of anilines is 1. The zero-order valence-electron chi connectivity index (χ0n) is 9.41. The van der Waals surface area contributed by atoms with Crippen LogP contribution in [-0.4, -0.2) is 17.6 Å². The molecule has 0 aliphatic carbocycles. The van der Waals surface area contributed by atoms with E-state index in [2.05, 4.69) is 16.8 Å². The molecule has 0 fully saturated rings. The number of pyridine rings is 1. The molecule has 0 aliphatic rings. The zero-order valence-corrected chi connectivity index (χ0v) is 9.41. The summed E-state index contributed by atoms with van der Waals surface area (Å²) in [6, 6.07) is 3.47. The second kappa shape index (κ2) is 5.76. The molecule has 1 aromatic heterocycles. The maximum atomic E-state index is 11.0. The lowest BCUT2D eigenvalue weighted by atomic mass is 10.2. The number of nitrogen functional groups attached to an aromatic ring is 1. The van der Waals surface area contributed by atoms with Crippen molar-refractivity contribution < 1.29 is 9.53 Å². The molecular weight excluding hydrogens is 204 g/mol. The van der Waals surface area contributed by atoms with E-state index < -0.39 is 0 Å². The van der Waals surface area contributed by atoms with Gasteiger partial charge in [0.05, 0.1) is 18.0 Å². The smallest absolute Gasteiger partial charge is 0.317 e. The maximum Gasteiger partial charge on any atom is 0.317 e. The number of esters is 1. The summed E-state index contributed by atoms with van der Waals surface area (Å²) in [6.07, 6.45) is 0.0823. The van der Waals surface area contributed by atoms with Crippen LogP contribution in [0.3, 0.4) is 0 Å². The molecule has 2 N–H and O–H groups in total. The largest absolute Gasteiger partial charge is 0.465 e. The molecule has 1 rings (SSSR count). The maximum absolute atomic E-state index is 11.0. The molecule has 0 aliphatic heterocycles. The van der Waals surface area contributed by atoms with E-state index in [0.29, 0.717) is 18.0 Å². The normalized spacial score (nSPS) is 9.12. The molecule has 0 bridgehead atoms. The van der Waals surface area contributed by atoms with Gasteiger partial charge in [0.15, 0.2) is 0 Å². The number of aromatic nitrogens is 1. The number of carbonyl (C=O) groups excluding carboxylic acids is 1. The first-order valence-corrected chi connectivity index (χ1v) is 5.01. The first-order valence-electron chi connectivity index (χ1n) is 5.01. The Bertz CT molecular complexity index is 444. The Labute approximate surface area is 94.8 Å². The number of aryl methyl sites for hydroxylation is 1. The van der Waals surface area contributed by atoms with Crippen molar-refractivity contribution in [1.29, 1.82) is 0 Å². The number of hydrogen-bond donors (Lipinski definition) is 1. The second-order valence-corrected chi connectivity index (χ2v) is 3.15. The summed E-state index contributed by atoms with van der Waals surface area (Å²) in [4.78, 5) is 15.2. The average Bonchev–Trinajstić information content (AvgIpc) is 2.24. The van der Waals surface area contributed by atoms with Gasteiger partial charge in [-0.25, -0.2) is 4.98 Å². The third-order valence-corrected chi connectivity index (χ3v) is 1.88. The Hall–Kier alpha value is -2.02. The van der Waals surface area contributed by atoms with Gasteiger partial charge in [-0.05, 0) is 31.9 Å². The highest BCUT2D eigenvalue weighted by molar-refractivity contribution is 5.72. The van der Waals surface area contributed by atoms with E-state index in [1.807, 2.05) is 6.92 Å². The third-order valence-electron chi connectivity index (χ3n) is 1.88. The minimum atomic E-state index is -0.317. The Kier molecular flexibility index (Phi) is 4.34. The lowest BCUT2D eigenvalue weighted by molar-refractivity contribution is -0.141. The van der Waals surface area contributed by atoms with E-state index in [0.717, 1.165) is 5.69 Å². The van der Waals surface area contributed by atoms with E-state index in [4.69, 9.17) is 10.5 Å². The fourth-order valence-corrected chi connectivity index (χ4v) is 1.06. The predicted molar refractivity (Wildman–Crippen MR) is 61.5 cm³/mol. The van der Waals surface area contributed by atoms with E-state index >= 15 is 0 Å². The molecule has 0 spiro atoms. The van der Waals surface area contributed by atoms with Crippen LogP contribution < -0.4 is 5.73 Å². The Balaban J connectivity index is 2.63. The number of nitrogens with zero attached hydrogens (tertiary/aromatic N) is 1. The van der Waals surface area contributed by atoms with Gasteiger partial charge in [0.1, 0.15) is 12.1 Å². The van der Waals surface area contributed by atoms with Crippen molar-refractivity contribution in [2.24, 2.45) is 0 Å². The lowest BCUT2D eigenvalue weighted by Crippen LogP contribution is -2.01. The van der Waals surface area contributed by atoms with Gasteiger partial charge in [0.2, 0.25) is 0 Å². The number of ether oxygens (including phenoxy) is 1. The zero-order chi connectivity index (χ0) is 12.0. The van der Waals surface area contributed by atoms with E-state index in [1.165, 1.54) is 0 Å². The summed E-state index contributed by atoms with van der Waals surface area (Å²) < 4.78 is 4.74. The van der Waals surface area contributed by atoms with Crippen LogP contribution >= 0.6 is 0 Å². The summed E-state index contributed by atoms with van der Waals surface area (Å²) in [5.41, 5.74) is 7.60. The Morgan fingerprint density at radius 2 is 2.31 bits per heavy atom. The molecule has 0 radical (unpaired) electrons. The van der Waals surface area contributed by atoms with Gasteiger partial charge in [0, 0.05) is 0 Å². The van der Waals surface area contributed by atoms with Crippen molar-refractivity contribution in [1.82, 2.24) is 4.98 Å². The van der Waals surface area contributed by atoms with Crippen molar-refractivity contribution in [3.05, 3.63) is 23.5 Å². The quantitative estimate of drug-likeness (QED) is 0.599. The van der Waals surface area contributed by atoms with Crippen molar-refractivity contribution in [2.45, 2.75) is 20.3 Å². The molecule has 0 amide bonds. The molecule has 4 heteroatoms. The summed E-state index contributed by atoms with van der Waals surface area (Å²) in [7, 11) is 0. The third kappa shape index (κ3) is 3.62. The molecule has 0 atom stereocenters. The second-order valence-electron chi connectivity index (χ2n) is 3.15. The summed E-state index contributed by atoms with van der Waals surface area (Å²) in [6.45, 7) is 3.95. The van der Waals surface area contributed by atoms with E-state index in [9.17, 15) is 4.79 Å². The van der Waals surface area contributed by atoms with E-state index in [-0.39, 0.29) is 12.4 Å². The van der Waals surface area contributed by atoms with Gasteiger partial charge >= 0.3 is 5.97 Å². The molecule has 1 aromatic rings. The van der Waals surface area contributed by atoms with Crippen LogP contribution in [0.2, 0.25) is 0 Å². The van der Waals surface area contributed by atoms with Gasteiger partial charge in [0.25, 0.3) is 0 Å².